The van der Waals surface area contributed by atoms with Gasteiger partial charge >= 0.3 is 0 Å². The molecule has 0 amide bonds. The van der Waals surface area contributed by atoms with Crippen LogP contribution >= 0.6 is 0 Å². The minimum atomic E-state index is -0.0732. The number of rotatable bonds is 4. The molecule has 0 aromatic carbocycles. The average molecular weight is 144 g/mol. The normalized spacial score (nSPS) is 12.0. The molecule has 0 aromatic heterocycles. The predicted molar refractivity (Wildman–Crippen MR) is 39.2 cm³/mol. The third-order valence-electron chi connectivity index (χ3n) is 1.26. The van der Waals surface area contributed by atoms with Crippen LogP contribution < -0.4 is 5.73 Å². The molecular formula is C6H14NOSi. The lowest BCUT2D eigenvalue weighted by Gasteiger charge is -2.22. The standard InChI is InChI=1S/C6H14NOSi/c1-6(2,8-9)4-3-5-7/h3-5,7H2,1-2H3. The van der Waals surface area contributed by atoms with Gasteiger partial charge in [-0.1, -0.05) is 0 Å². The van der Waals surface area contributed by atoms with E-state index in [0.717, 1.165) is 19.4 Å². The first kappa shape index (κ1) is 9.14. The monoisotopic (exact) mass is 144 g/mol. The van der Waals surface area contributed by atoms with E-state index < -0.39 is 0 Å². The van der Waals surface area contributed by atoms with Crippen molar-refractivity contribution in [2.24, 2.45) is 5.73 Å². The molecule has 0 atom stereocenters. The highest BCUT2D eigenvalue weighted by atomic mass is 28.2. The van der Waals surface area contributed by atoms with Gasteiger partial charge in [0, 0.05) is 5.60 Å². The third-order valence-corrected chi connectivity index (χ3v) is 1.81. The van der Waals surface area contributed by atoms with E-state index in [1.165, 1.54) is 0 Å². The molecule has 3 heteroatoms. The fourth-order valence-corrected chi connectivity index (χ4v) is 0.681. The van der Waals surface area contributed by atoms with Gasteiger partial charge in [-0.05, 0) is 33.2 Å². The Morgan fingerprint density at radius 2 is 2.11 bits per heavy atom. The van der Waals surface area contributed by atoms with Crippen molar-refractivity contribution < 1.29 is 4.43 Å². The van der Waals surface area contributed by atoms with E-state index in [1.54, 1.807) is 0 Å². The average Bonchev–Trinajstić information content (AvgIpc) is 1.84. The fraction of sp³-hybridized carbons (Fsp3) is 1.00. The maximum absolute atomic E-state index is 5.32. The zero-order valence-electron chi connectivity index (χ0n) is 6.11. The Balaban J connectivity index is 3.33. The van der Waals surface area contributed by atoms with E-state index in [4.69, 9.17) is 10.2 Å². The molecule has 53 valence electrons. The van der Waals surface area contributed by atoms with Crippen LogP contribution in [-0.4, -0.2) is 22.6 Å². The van der Waals surface area contributed by atoms with E-state index in [0.29, 0.717) is 0 Å². The molecule has 0 aliphatic carbocycles. The van der Waals surface area contributed by atoms with E-state index in [-0.39, 0.29) is 5.60 Å². The molecule has 2 nitrogen and oxygen atoms in total. The summed E-state index contributed by atoms with van der Waals surface area (Å²) in [5.74, 6) is 0. The molecule has 0 aromatic rings. The zero-order valence-corrected chi connectivity index (χ0v) is 7.11. The summed E-state index contributed by atoms with van der Waals surface area (Å²) in [6.07, 6.45) is 2.00. The summed E-state index contributed by atoms with van der Waals surface area (Å²) in [7, 11) is 3.01. The minimum Gasteiger partial charge on any atom is -0.414 e. The van der Waals surface area contributed by atoms with E-state index in [2.05, 4.69) is 10.5 Å². The summed E-state index contributed by atoms with van der Waals surface area (Å²) in [5.41, 5.74) is 5.25. The SMILES string of the molecule is CC(C)(CCCN)O[Si]. The molecule has 0 saturated heterocycles. The Bertz CT molecular complexity index is 75.5. The molecular weight excluding hydrogens is 130 g/mol. The van der Waals surface area contributed by atoms with Crippen molar-refractivity contribution in [2.45, 2.75) is 32.3 Å². The molecule has 0 aliphatic rings. The second-order valence-corrected chi connectivity index (χ2v) is 2.96. The Hall–Kier alpha value is 0.137. The molecule has 2 N–H and O–H groups in total. The number of hydrogen-bond donors (Lipinski definition) is 1. The van der Waals surface area contributed by atoms with Gasteiger partial charge in [0.1, 0.15) is 0 Å². The summed E-state index contributed by atoms with van der Waals surface area (Å²) in [5, 5.41) is 0. The van der Waals surface area contributed by atoms with E-state index in [1.807, 2.05) is 13.8 Å². The van der Waals surface area contributed by atoms with Crippen LogP contribution in [-0.2, 0) is 4.43 Å². The molecule has 0 aliphatic heterocycles. The summed E-state index contributed by atoms with van der Waals surface area (Å²) >= 11 is 0. The summed E-state index contributed by atoms with van der Waals surface area (Å²) in [4.78, 5) is 0. The van der Waals surface area contributed by atoms with Crippen molar-refractivity contribution in [1.82, 2.24) is 0 Å². The van der Waals surface area contributed by atoms with Crippen LogP contribution in [0.1, 0.15) is 26.7 Å². The van der Waals surface area contributed by atoms with Gasteiger partial charge in [0.2, 0.25) is 10.5 Å². The Labute approximate surface area is 60.3 Å². The predicted octanol–water partition coefficient (Wildman–Crippen LogP) is 0.604. The topological polar surface area (TPSA) is 35.2 Å². The Kier molecular flexibility index (Phi) is 4.09. The first-order chi connectivity index (χ1) is 4.12. The quantitative estimate of drug-likeness (QED) is 0.587. The summed E-state index contributed by atoms with van der Waals surface area (Å²) in [6, 6.07) is 0. The van der Waals surface area contributed by atoms with Gasteiger partial charge in [-0.15, -0.1) is 0 Å². The van der Waals surface area contributed by atoms with Crippen LogP contribution in [0.4, 0.5) is 0 Å². The molecule has 0 rings (SSSR count). The van der Waals surface area contributed by atoms with Crippen LogP contribution in [0.15, 0.2) is 0 Å². The van der Waals surface area contributed by atoms with Crippen LogP contribution in [0.5, 0.6) is 0 Å². The van der Waals surface area contributed by atoms with Crippen molar-refractivity contribution in [3.63, 3.8) is 0 Å². The summed E-state index contributed by atoms with van der Waals surface area (Å²) < 4.78 is 4.99. The highest BCUT2D eigenvalue weighted by Crippen LogP contribution is 2.13. The van der Waals surface area contributed by atoms with Gasteiger partial charge in [0.15, 0.2) is 0 Å². The smallest absolute Gasteiger partial charge is 0.246 e. The lowest BCUT2D eigenvalue weighted by molar-refractivity contribution is 0.111. The lowest BCUT2D eigenvalue weighted by atomic mass is 10.0. The molecule has 0 bridgehead atoms. The molecule has 0 heterocycles. The second kappa shape index (κ2) is 4.03. The highest BCUT2D eigenvalue weighted by Gasteiger charge is 2.13. The third kappa shape index (κ3) is 4.63. The van der Waals surface area contributed by atoms with Crippen molar-refractivity contribution in [3.05, 3.63) is 0 Å². The lowest BCUT2D eigenvalue weighted by Crippen LogP contribution is -2.23. The molecule has 0 spiro atoms. The summed E-state index contributed by atoms with van der Waals surface area (Å²) in [6.45, 7) is 4.78. The molecule has 0 fully saturated rings. The minimum absolute atomic E-state index is 0.0732. The van der Waals surface area contributed by atoms with Crippen LogP contribution in [0.3, 0.4) is 0 Å². The first-order valence-corrected chi connectivity index (χ1v) is 3.58. The van der Waals surface area contributed by atoms with Crippen molar-refractivity contribution in [1.29, 1.82) is 0 Å². The van der Waals surface area contributed by atoms with Gasteiger partial charge in [-0.3, -0.25) is 0 Å². The Morgan fingerprint density at radius 3 is 2.44 bits per heavy atom. The van der Waals surface area contributed by atoms with E-state index >= 15 is 0 Å². The van der Waals surface area contributed by atoms with Gasteiger partial charge in [0.05, 0.1) is 0 Å². The van der Waals surface area contributed by atoms with E-state index in [9.17, 15) is 0 Å². The highest BCUT2D eigenvalue weighted by molar-refractivity contribution is 5.98. The van der Waals surface area contributed by atoms with Gasteiger partial charge in [-0.25, -0.2) is 0 Å². The van der Waals surface area contributed by atoms with Crippen LogP contribution in [0.25, 0.3) is 0 Å². The molecule has 0 saturated carbocycles. The van der Waals surface area contributed by atoms with Gasteiger partial charge in [0.25, 0.3) is 0 Å². The largest absolute Gasteiger partial charge is 0.414 e. The molecule has 9 heavy (non-hydrogen) atoms. The van der Waals surface area contributed by atoms with Crippen LogP contribution in [0.2, 0.25) is 0 Å². The van der Waals surface area contributed by atoms with Crippen molar-refractivity contribution >= 4 is 10.5 Å². The van der Waals surface area contributed by atoms with Gasteiger partial charge < -0.3 is 10.2 Å². The Morgan fingerprint density at radius 1 is 1.56 bits per heavy atom. The molecule has 0 unspecified atom stereocenters. The van der Waals surface area contributed by atoms with Crippen molar-refractivity contribution in [2.75, 3.05) is 6.54 Å². The maximum Gasteiger partial charge on any atom is 0.246 e. The zero-order chi connectivity index (χ0) is 7.33. The molecule has 3 radical (unpaired) electrons. The number of nitrogens with two attached hydrogens (primary N) is 1. The fourth-order valence-electron chi connectivity index (χ4n) is 0.579. The van der Waals surface area contributed by atoms with Crippen LogP contribution in [0, 0.1) is 0 Å². The number of hydrogen-bond acceptors (Lipinski definition) is 2. The second-order valence-electron chi connectivity index (χ2n) is 2.75. The first-order valence-electron chi connectivity index (χ1n) is 3.17. The maximum atomic E-state index is 5.32. The van der Waals surface area contributed by atoms with Gasteiger partial charge in [-0.2, -0.15) is 0 Å². The van der Waals surface area contributed by atoms with Crippen molar-refractivity contribution in [3.8, 4) is 0 Å².